The smallest absolute Gasteiger partial charge is 0.251 e. The predicted octanol–water partition coefficient (Wildman–Crippen LogP) is 0.511. The fourth-order valence-corrected chi connectivity index (χ4v) is 1.64. The van der Waals surface area contributed by atoms with Crippen LogP contribution in [-0.2, 0) is 11.3 Å². The summed E-state index contributed by atoms with van der Waals surface area (Å²) in [7, 11) is 0. The van der Waals surface area contributed by atoms with Crippen molar-refractivity contribution in [3.05, 3.63) is 41.7 Å². The van der Waals surface area contributed by atoms with E-state index in [2.05, 4.69) is 10.4 Å². The van der Waals surface area contributed by atoms with Crippen LogP contribution in [0.25, 0.3) is 0 Å². The van der Waals surface area contributed by atoms with E-state index in [0.29, 0.717) is 11.4 Å². The van der Waals surface area contributed by atoms with Crippen LogP contribution in [0.2, 0.25) is 0 Å². The van der Waals surface area contributed by atoms with Gasteiger partial charge in [-0.1, -0.05) is 6.07 Å². The molecule has 0 spiro atoms. The lowest BCUT2D eigenvalue weighted by Crippen LogP contribution is -2.19. The lowest BCUT2D eigenvalue weighted by molar-refractivity contribution is -0.116. The van der Waals surface area contributed by atoms with Crippen molar-refractivity contribution < 1.29 is 9.59 Å². The number of nitrogens with two attached hydrogens (primary N) is 2. The van der Waals surface area contributed by atoms with Crippen LogP contribution < -0.4 is 16.8 Å². The first-order valence-corrected chi connectivity index (χ1v) is 5.94. The van der Waals surface area contributed by atoms with E-state index in [0.717, 1.165) is 5.56 Å². The number of rotatable bonds is 4. The number of amides is 2. The lowest BCUT2D eigenvalue weighted by atomic mass is 10.2. The third kappa shape index (κ3) is 3.14. The van der Waals surface area contributed by atoms with Crippen LogP contribution in [0.5, 0.6) is 0 Å². The Morgan fingerprint density at radius 2 is 2.15 bits per heavy atom. The van der Waals surface area contributed by atoms with E-state index < -0.39 is 5.91 Å². The van der Waals surface area contributed by atoms with Crippen LogP contribution in [0.1, 0.15) is 15.9 Å². The average molecular weight is 273 g/mol. The molecule has 0 aliphatic carbocycles. The summed E-state index contributed by atoms with van der Waals surface area (Å²) in [4.78, 5) is 22.7. The fourth-order valence-electron chi connectivity index (χ4n) is 1.64. The van der Waals surface area contributed by atoms with Gasteiger partial charge in [0, 0.05) is 17.6 Å². The zero-order chi connectivity index (χ0) is 14.7. The monoisotopic (exact) mass is 273 g/mol. The number of nitrogens with zero attached hydrogens (tertiary/aromatic N) is 2. The van der Waals surface area contributed by atoms with Crippen molar-refractivity contribution in [1.82, 2.24) is 9.78 Å². The van der Waals surface area contributed by atoms with Crippen molar-refractivity contribution >= 4 is 23.2 Å². The summed E-state index contributed by atoms with van der Waals surface area (Å²) < 4.78 is 1.34. The van der Waals surface area contributed by atoms with E-state index in [1.165, 1.54) is 17.1 Å². The number of aromatic nitrogens is 2. The molecule has 0 saturated carbocycles. The summed E-state index contributed by atoms with van der Waals surface area (Å²) in [6.45, 7) is 1.87. The predicted molar refractivity (Wildman–Crippen MR) is 75.0 cm³/mol. The molecule has 2 rings (SSSR count). The molecule has 7 heteroatoms. The summed E-state index contributed by atoms with van der Waals surface area (Å²) in [5, 5.41) is 6.58. The lowest BCUT2D eigenvalue weighted by Gasteiger charge is -2.07. The minimum absolute atomic E-state index is 0.0128. The van der Waals surface area contributed by atoms with Crippen molar-refractivity contribution in [2.75, 3.05) is 11.1 Å². The molecular formula is C13H15N5O2. The summed E-state index contributed by atoms with van der Waals surface area (Å²) in [5.74, 6) is -0.852. The van der Waals surface area contributed by atoms with Gasteiger partial charge in [-0.25, -0.2) is 0 Å². The minimum Gasteiger partial charge on any atom is -0.398 e. The number of hydrogen-bond acceptors (Lipinski definition) is 4. The zero-order valence-electron chi connectivity index (χ0n) is 11.0. The third-order valence-corrected chi connectivity index (χ3v) is 2.79. The Bertz CT molecular complexity index is 663. The van der Waals surface area contributed by atoms with Crippen LogP contribution in [-0.4, -0.2) is 21.6 Å². The van der Waals surface area contributed by atoms with Crippen molar-refractivity contribution in [3.8, 4) is 0 Å². The molecule has 5 N–H and O–H groups in total. The van der Waals surface area contributed by atoms with E-state index in [-0.39, 0.29) is 18.0 Å². The highest BCUT2D eigenvalue weighted by molar-refractivity contribution is 5.93. The van der Waals surface area contributed by atoms with E-state index >= 15 is 0 Å². The highest BCUT2D eigenvalue weighted by Gasteiger charge is 2.08. The molecular weight excluding hydrogens is 258 g/mol. The van der Waals surface area contributed by atoms with E-state index in [1.807, 2.05) is 13.0 Å². The molecule has 0 aliphatic rings. The van der Waals surface area contributed by atoms with Gasteiger partial charge in [-0.15, -0.1) is 0 Å². The third-order valence-electron chi connectivity index (χ3n) is 2.79. The quantitative estimate of drug-likeness (QED) is 0.704. The summed E-state index contributed by atoms with van der Waals surface area (Å²) in [6, 6.07) is 5.27. The number of carbonyl (C=O) groups is 2. The molecule has 2 amide bonds. The SMILES string of the molecule is Cc1ccc(NC(=O)Cn2cc(C(N)=O)cn2)cc1N. The standard InChI is InChI=1S/C13H15N5O2/c1-8-2-3-10(4-11(8)14)17-12(19)7-18-6-9(5-16-18)13(15)20/h2-6H,7,14H2,1H3,(H2,15,20)(H,17,19). The van der Waals surface area contributed by atoms with E-state index in [9.17, 15) is 9.59 Å². The van der Waals surface area contributed by atoms with Gasteiger partial charge in [0.15, 0.2) is 0 Å². The van der Waals surface area contributed by atoms with Crippen LogP contribution in [0.3, 0.4) is 0 Å². The fraction of sp³-hybridized carbons (Fsp3) is 0.154. The van der Waals surface area contributed by atoms with E-state index in [4.69, 9.17) is 11.5 Å². The number of nitrogen functional groups attached to an aromatic ring is 1. The van der Waals surface area contributed by atoms with Gasteiger partial charge in [0.2, 0.25) is 5.91 Å². The molecule has 0 fully saturated rings. The molecule has 0 unspecified atom stereocenters. The van der Waals surface area contributed by atoms with Crippen LogP contribution >= 0.6 is 0 Å². The molecule has 7 nitrogen and oxygen atoms in total. The van der Waals surface area contributed by atoms with Gasteiger partial charge in [0.05, 0.1) is 11.8 Å². The van der Waals surface area contributed by atoms with Gasteiger partial charge >= 0.3 is 0 Å². The Kier molecular flexibility index (Phi) is 3.69. The van der Waals surface area contributed by atoms with Gasteiger partial charge in [-0.3, -0.25) is 14.3 Å². The minimum atomic E-state index is -0.581. The van der Waals surface area contributed by atoms with Crippen molar-refractivity contribution in [3.63, 3.8) is 0 Å². The number of benzene rings is 1. The first-order chi connectivity index (χ1) is 9.45. The van der Waals surface area contributed by atoms with Gasteiger partial charge < -0.3 is 16.8 Å². The largest absolute Gasteiger partial charge is 0.398 e. The number of primary amides is 1. The normalized spacial score (nSPS) is 10.2. The number of anilines is 2. The Balaban J connectivity index is 2.01. The Hall–Kier alpha value is -2.83. The maximum atomic E-state index is 11.8. The summed E-state index contributed by atoms with van der Waals surface area (Å²) in [6.07, 6.45) is 2.74. The molecule has 2 aromatic rings. The maximum Gasteiger partial charge on any atom is 0.251 e. The van der Waals surface area contributed by atoms with Gasteiger partial charge in [0.1, 0.15) is 6.54 Å². The summed E-state index contributed by atoms with van der Waals surface area (Å²) >= 11 is 0. The van der Waals surface area contributed by atoms with Gasteiger partial charge in [-0.2, -0.15) is 5.10 Å². The van der Waals surface area contributed by atoms with Crippen molar-refractivity contribution in [1.29, 1.82) is 0 Å². The molecule has 1 aromatic carbocycles. The average Bonchev–Trinajstić information content (AvgIpc) is 2.82. The number of hydrogen-bond donors (Lipinski definition) is 3. The Morgan fingerprint density at radius 3 is 2.75 bits per heavy atom. The van der Waals surface area contributed by atoms with Gasteiger partial charge in [-0.05, 0) is 24.6 Å². The van der Waals surface area contributed by atoms with E-state index in [1.54, 1.807) is 12.1 Å². The van der Waals surface area contributed by atoms with Crippen LogP contribution in [0.15, 0.2) is 30.6 Å². The topological polar surface area (TPSA) is 116 Å². The molecule has 0 bridgehead atoms. The van der Waals surface area contributed by atoms with Gasteiger partial charge in [0.25, 0.3) is 5.91 Å². The molecule has 0 atom stereocenters. The molecule has 0 radical (unpaired) electrons. The molecule has 20 heavy (non-hydrogen) atoms. The maximum absolute atomic E-state index is 11.8. The Morgan fingerprint density at radius 1 is 1.40 bits per heavy atom. The number of nitrogens with one attached hydrogen (secondary N) is 1. The molecule has 104 valence electrons. The highest BCUT2D eigenvalue weighted by Crippen LogP contribution is 2.16. The van der Waals surface area contributed by atoms with Crippen molar-refractivity contribution in [2.45, 2.75) is 13.5 Å². The second-order valence-electron chi connectivity index (χ2n) is 4.41. The van der Waals surface area contributed by atoms with Crippen LogP contribution in [0, 0.1) is 6.92 Å². The molecule has 1 aromatic heterocycles. The highest BCUT2D eigenvalue weighted by atomic mass is 16.2. The van der Waals surface area contributed by atoms with Crippen molar-refractivity contribution in [2.24, 2.45) is 5.73 Å². The molecule has 0 aliphatic heterocycles. The first-order valence-electron chi connectivity index (χ1n) is 5.94. The van der Waals surface area contributed by atoms with Crippen LogP contribution in [0.4, 0.5) is 11.4 Å². The zero-order valence-corrected chi connectivity index (χ0v) is 11.0. The second-order valence-corrected chi connectivity index (χ2v) is 4.41. The number of carbonyl (C=O) groups excluding carboxylic acids is 2. The Labute approximate surface area is 115 Å². The second kappa shape index (κ2) is 5.43. The molecule has 0 saturated heterocycles. The number of aryl methyl sites for hydroxylation is 1. The first kappa shape index (κ1) is 13.6. The summed E-state index contributed by atoms with van der Waals surface area (Å²) in [5.41, 5.74) is 13.3. The molecule has 1 heterocycles.